The summed E-state index contributed by atoms with van der Waals surface area (Å²) >= 11 is 0. The molecule has 2 bridgehead atoms. The maximum absolute atomic E-state index is 10.5. The molecule has 0 saturated carbocycles. The van der Waals surface area contributed by atoms with Crippen LogP contribution < -0.4 is 0 Å². The predicted molar refractivity (Wildman–Crippen MR) is 65.5 cm³/mol. The molecule has 2 saturated heterocycles. The second-order valence-corrected chi connectivity index (χ2v) is 5.61. The summed E-state index contributed by atoms with van der Waals surface area (Å²) in [5.41, 5.74) is 0.957. The summed E-state index contributed by atoms with van der Waals surface area (Å²) in [6.45, 7) is 0. The van der Waals surface area contributed by atoms with Gasteiger partial charge in [0.15, 0.2) is 0 Å². The fourth-order valence-electron chi connectivity index (χ4n) is 3.63. The van der Waals surface area contributed by atoms with Gasteiger partial charge in [0.05, 0.1) is 11.8 Å². The maximum atomic E-state index is 10.5. The van der Waals surface area contributed by atoms with Crippen molar-refractivity contribution in [1.82, 2.24) is 14.7 Å². The van der Waals surface area contributed by atoms with Gasteiger partial charge in [-0.3, -0.25) is 4.68 Å². The summed E-state index contributed by atoms with van der Waals surface area (Å²) in [7, 11) is 4.14. The number of hydrogen-bond acceptors (Lipinski definition) is 3. The van der Waals surface area contributed by atoms with Gasteiger partial charge in [0.25, 0.3) is 0 Å². The molecule has 3 rings (SSSR count). The Hall–Kier alpha value is -0.870. The van der Waals surface area contributed by atoms with Crippen molar-refractivity contribution in [3.05, 3.63) is 18.0 Å². The van der Waals surface area contributed by atoms with Crippen LogP contribution >= 0.6 is 0 Å². The van der Waals surface area contributed by atoms with Gasteiger partial charge < -0.3 is 10.0 Å². The van der Waals surface area contributed by atoms with Gasteiger partial charge in [0.2, 0.25) is 0 Å². The second kappa shape index (κ2) is 4.10. The van der Waals surface area contributed by atoms with Crippen LogP contribution in [-0.4, -0.2) is 38.9 Å². The first-order chi connectivity index (χ1) is 8.16. The van der Waals surface area contributed by atoms with Gasteiger partial charge in [-0.2, -0.15) is 5.10 Å². The van der Waals surface area contributed by atoms with Crippen molar-refractivity contribution < 1.29 is 5.11 Å². The molecule has 3 heterocycles. The van der Waals surface area contributed by atoms with Crippen LogP contribution in [0.4, 0.5) is 0 Å². The summed E-state index contributed by atoms with van der Waals surface area (Å²) < 4.78 is 1.80. The molecule has 2 aliphatic heterocycles. The van der Waals surface area contributed by atoms with E-state index >= 15 is 0 Å². The first kappa shape index (κ1) is 11.2. The third kappa shape index (κ3) is 1.79. The van der Waals surface area contributed by atoms with Crippen LogP contribution in [0.1, 0.15) is 37.5 Å². The van der Waals surface area contributed by atoms with Gasteiger partial charge in [-0.05, 0) is 44.7 Å². The minimum atomic E-state index is -0.348. The van der Waals surface area contributed by atoms with Crippen molar-refractivity contribution in [2.24, 2.45) is 13.0 Å². The predicted octanol–water partition coefficient (Wildman–Crippen LogP) is 1.33. The van der Waals surface area contributed by atoms with Gasteiger partial charge in [-0.15, -0.1) is 0 Å². The highest BCUT2D eigenvalue weighted by Crippen LogP contribution is 2.42. The molecule has 4 heteroatoms. The van der Waals surface area contributed by atoms with Gasteiger partial charge in [0.1, 0.15) is 0 Å². The molecule has 1 N–H and O–H groups in total. The van der Waals surface area contributed by atoms with Crippen LogP contribution in [0.15, 0.2) is 12.3 Å². The number of rotatable bonds is 2. The molecule has 94 valence electrons. The quantitative estimate of drug-likeness (QED) is 0.840. The molecular formula is C13H21N3O. The summed E-state index contributed by atoms with van der Waals surface area (Å²) in [5, 5.41) is 14.6. The number of aliphatic hydroxyl groups is 1. The Kier molecular flexibility index (Phi) is 2.71. The van der Waals surface area contributed by atoms with E-state index in [4.69, 9.17) is 0 Å². The van der Waals surface area contributed by atoms with Crippen LogP contribution in [0.3, 0.4) is 0 Å². The molecule has 2 fully saturated rings. The topological polar surface area (TPSA) is 41.3 Å². The summed E-state index contributed by atoms with van der Waals surface area (Å²) in [6.07, 6.45) is 6.27. The van der Waals surface area contributed by atoms with E-state index in [9.17, 15) is 5.11 Å². The Morgan fingerprint density at radius 3 is 2.47 bits per heavy atom. The smallest absolute Gasteiger partial charge is 0.0985 e. The average Bonchev–Trinajstić information content (AvgIpc) is 2.79. The third-order valence-corrected chi connectivity index (χ3v) is 4.74. The molecule has 1 aromatic heterocycles. The van der Waals surface area contributed by atoms with Crippen molar-refractivity contribution >= 4 is 0 Å². The Labute approximate surface area is 102 Å². The normalized spacial score (nSPS) is 35.1. The summed E-state index contributed by atoms with van der Waals surface area (Å²) in [5.74, 6) is 0.402. The van der Waals surface area contributed by atoms with Crippen molar-refractivity contribution in [2.45, 2.75) is 43.9 Å². The van der Waals surface area contributed by atoms with Crippen LogP contribution in [0.5, 0.6) is 0 Å². The van der Waals surface area contributed by atoms with E-state index in [2.05, 4.69) is 17.0 Å². The van der Waals surface area contributed by atoms with Crippen molar-refractivity contribution in [2.75, 3.05) is 7.05 Å². The largest absolute Gasteiger partial charge is 0.387 e. The monoisotopic (exact) mass is 235 g/mol. The number of piperidine rings is 1. The molecule has 0 aromatic carbocycles. The zero-order valence-electron chi connectivity index (χ0n) is 10.6. The summed E-state index contributed by atoms with van der Waals surface area (Å²) in [4.78, 5) is 2.51. The molecule has 3 atom stereocenters. The summed E-state index contributed by atoms with van der Waals surface area (Å²) in [6, 6.07) is 3.30. The lowest BCUT2D eigenvalue weighted by molar-refractivity contribution is 0.0312. The molecule has 0 aliphatic carbocycles. The van der Waals surface area contributed by atoms with Gasteiger partial charge in [-0.1, -0.05) is 0 Å². The number of aryl methyl sites for hydroxylation is 1. The minimum Gasteiger partial charge on any atom is -0.387 e. The molecule has 0 spiro atoms. The van der Waals surface area contributed by atoms with E-state index in [1.807, 2.05) is 13.1 Å². The van der Waals surface area contributed by atoms with Crippen molar-refractivity contribution in [1.29, 1.82) is 0 Å². The average molecular weight is 235 g/mol. The lowest BCUT2D eigenvalue weighted by Crippen LogP contribution is -2.41. The van der Waals surface area contributed by atoms with E-state index in [1.165, 1.54) is 12.8 Å². The van der Waals surface area contributed by atoms with E-state index in [0.29, 0.717) is 18.0 Å². The number of fused-ring (bicyclic) bond motifs is 2. The third-order valence-electron chi connectivity index (χ3n) is 4.74. The molecule has 0 radical (unpaired) electrons. The molecule has 4 nitrogen and oxygen atoms in total. The van der Waals surface area contributed by atoms with Gasteiger partial charge in [0, 0.05) is 25.3 Å². The van der Waals surface area contributed by atoms with Crippen molar-refractivity contribution in [3.8, 4) is 0 Å². The lowest BCUT2D eigenvalue weighted by atomic mass is 9.85. The highest BCUT2D eigenvalue weighted by Gasteiger charge is 2.41. The minimum absolute atomic E-state index is 0.348. The highest BCUT2D eigenvalue weighted by molar-refractivity contribution is 5.08. The fourth-order valence-corrected chi connectivity index (χ4v) is 3.63. The van der Waals surface area contributed by atoms with Crippen LogP contribution in [-0.2, 0) is 7.05 Å². The zero-order chi connectivity index (χ0) is 12.0. The van der Waals surface area contributed by atoms with Gasteiger partial charge in [-0.25, -0.2) is 0 Å². The number of hydrogen-bond donors (Lipinski definition) is 1. The SMILES string of the molecule is CN1C2CCC1CC(C(O)c1ccnn1C)C2. The molecule has 0 amide bonds. The number of aliphatic hydroxyl groups excluding tert-OH is 1. The Morgan fingerprint density at radius 2 is 1.94 bits per heavy atom. The maximum Gasteiger partial charge on any atom is 0.0985 e. The molecule has 1 aromatic rings. The van der Waals surface area contributed by atoms with E-state index < -0.39 is 0 Å². The van der Waals surface area contributed by atoms with Crippen LogP contribution in [0, 0.1) is 5.92 Å². The van der Waals surface area contributed by atoms with Crippen LogP contribution in [0.25, 0.3) is 0 Å². The Morgan fingerprint density at radius 1 is 1.29 bits per heavy atom. The first-order valence-electron chi connectivity index (χ1n) is 6.54. The Bertz CT molecular complexity index is 389. The molecule has 2 aliphatic rings. The highest BCUT2D eigenvalue weighted by atomic mass is 16.3. The standard InChI is InChI=1S/C13H21N3O/c1-15-10-3-4-11(15)8-9(7-10)13(17)12-5-6-14-16(12)2/h5-6,9-11,13,17H,3-4,7-8H2,1-2H3. The molecule has 17 heavy (non-hydrogen) atoms. The van der Waals surface area contributed by atoms with E-state index in [1.54, 1.807) is 10.9 Å². The number of nitrogens with zero attached hydrogens (tertiary/aromatic N) is 3. The van der Waals surface area contributed by atoms with Gasteiger partial charge >= 0.3 is 0 Å². The molecule has 3 unspecified atom stereocenters. The lowest BCUT2D eigenvalue weighted by Gasteiger charge is -2.38. The number of aromatic nitrogens is 2. The van der Waals surface area contributed by atoms with Crippen LogP contribution in [0.2, 0.25) is 0 Å². The Balaban J connectivity index is 1.76. The molecular weight excluding hydrogens is 214 g/mol. The second-order valence-electron chi connectivity index (χ2n) is 5.61. The fraction of sp³-hybridized carbons (Fsp3) is 0.769. The van der Waals surface area contributed by atoms with E-state index in [0.717, 1.165) is 18.5 Å². The van der Waals surface area contributed by atoms with Crippen molar-refractivity contribution in [3.63, 3.8) is 0 Å². The zero-order valence-corrected chi connectivity index (χ0v) is 10.6. The first-order valence-corrected chi connectivity index (χ1v) is 6.54. The van der Waals surface area contributed by atoms with E-state index in [-0.39, 0.29) is 6.10 Å².